The summed E-state index contributed by atoms with van der Waals surface area (Å²) in [6.45, 7) is 0. The number of carboxylic acids is 1. The Morgan fingerprint density at radius 1 is 1.14 bits per heavy atom. The predicted octanol–water partition coefficient (Wildman–Crippen LogP) is 1.42. The molecular formula is C15H10O6. The molecule has 0 aromatic heterocycles. The molecule has 0 amide bonds. The van der Waals surface area contributed by atoms with Gasteiger partial charge in [0, 0.05) is 11.1 Å². The van der Waals surface area contributed by atoms with Crippen molar-refractivity contribution in [3.05, 3.63) is 58.1 Å². The van der Waals surface area contributed by atoms with E-state index in [0.717, 1.165) is 6.07 Å². The molecule has 0 spiro atoms. The number of aromatic carboxylic acids is 1. The fourth-order valence-corrected chi connectivity index (χ4v) is 2.58. The molecule has 0 radical (unpaired) electrons. The van der Waals surface area contributed by atoms with E-state index in [1.807, 2.05) is 0 Å². The Bertz CT molecular complexity index is 793. The Hall–Kier alpha value is -2.86. The fraction of sp³-hybridized carbons (Fsp3) is 0.0667. The number of hydrogen-bond donors (Lipinski definition) is 4. The van der Waals surface area contributed by atoms with E-state index < -0.39 is 34.9 Å². The molecule has 2 aromatic rings. The van der Waals surface area contributed by atoms with Crippen LogP contribution in [0, 0.1) is 0 Å². The first kappa shape index (κ1) is 13.1. The average molecular weight is 286 g/mol. The van der Waals surface area contributed by atoms with E-state index in [4.69, 9.17) is 5.11 Å². The summed E-state index contributed by atoms with van der Waals surface area (Å²) < 4.78 is 0. The molecule has 2 aromatic carbocycles. The van der Waals surface area contributed by atoms with Crippen LogP contribution in [-0.2, 0) is 0 Å². The smallest absolute Gasteiger partial charge is 0.339 e. The lowest BCUT2D eigenvalue weighted by molar-refractivity contribution is 0.0692. The van der Waals surface area contributed by atoms with Crippen molar-refractivity contribution in [3.63, 3.8) is 0 Å². The van der Waals surface area contributed by atoms with Crippen molar-refractivity contribution in [2.75, 3.05) is 0 Å². The number of benzene rings is 2. The van der Waals surface area contributed by atoms with Crippen LogP contribution in [0.4, 0.5) is 0 Å². The highest BCUT2D eigenvalue weighted by atomic mass is 16.4. The minimum absolute atomic E-state index is 0.162. The Labute approximate surface area is 118 Å². The molecule has 0 aliphatic heterocycles. The Balaban J connectivity index is 2.38. The highest BCUT2D eigenvalue weighted by Gasteiger charge is 2.36. The largest absolute Gasteiger partial charge is 0.508 e. The number of aliphatic hydroxyl groups is 1. The molecule has 6 nitrogen and oxygen atoms in total. The van der Waals surface area contributed by atoms with Gasteiger partial charge in [0.2, 0.25) is 0 Å². The van der Waals surface area contributed by atoms with Crippen LogP contribution in [0.5, 0.6) is 11.5 Å². The Kier molecular flexibility index (Phi) is 2.70. The number of rotatable bonds is 1. The van der Waals surface area contributed by atoms with E-state index in [0.29, 0.717) is 5.56 Å². The lowest BCUT2D eigenvalue weighted by Gasteiger charge is -2.25. The van der Waals surface area contributed by atoms with Crippen LogP contribution < -0.4 is 0 Å². The van der Waals surface area contributed by atoms with Gasteiger partial charge in [-0.2, -0.15) is 0 Å². The number of fused-ring (bicyclic) bond motifs is 2. The molecule has 1 unspecified atom stereocenters. The molecule has 21 heavy (non-hydrogen) atoms. The van der Waals surface area contributed by atoms with Crippen molar-refractivity contribution in [3.8, 4) is 11.5 Å². The average Bonchev–Trinajstić information content (AvgIpc) is 2.46. The summed E-state index contributed by atoms with van der Waals surface area (Å²) in [5, 5.41) is 39.2. The molecule has 106 valence electrons. The predicted molar refractivity (Wildman–Crippen MR) is 70.7 cm³/mol. The van der Waals surface area contributed by atoms with Gasteiger partial charge in [-0.1, -0.05) is 24.3 Å². The third-order valence-corrected chi connectivity index (χ3v) is 3.55. The van der Waals surface area contributed by atoms with Gasteiger partial charge in [0.1, 0.15) is 23.2 Å². The SMILES string of the molecule is O=C(O)c1cc(O)c2c(c1O)C(=O)c1ccccc1C2O. The van der Waals surface area contributed by atoms with Crippen LogP contribution in [-0.4, -0.2) is 32.2 Å². The number of aromatic hydroxyl groups is 2. The number of phenols is 2. The second kappa shape index (κ2) is 4.32. The van der Waals surface area contributed by atoms with E-state index in [9.17, 15) is 24.9 Å². The number of carbonyl (C=O) groups excluding carboxylic acids is 1. The van der Waals surface area contributed by atoms with Crippen molar-refractivity contribution in [2.24, 2.45) is 0 Å². The van der Waals surface area contributed by atoms with Crippen LogP contribution in [0.15, 0.2) is 30.3 Å². The molecular weight excluding hydrogens is 276 g/mol. The Morgan fingerprint density at radius 2 is 1.81 bits per heavy atom. The van der Waals surface area contributed by atoms with E-state index >= 15 is 0 Å². The van der Waals surface area contributed by atoms with E-state index in [2.05, 4.69) is 0 Å². The molecule has 1 aliphatic carbocycles. The summed E-state index contributed by atoms with van der Waals surface area (Å²) in [6, 6.07) is 7.03. The van der Waals surface area contributed by atoms with Crippen LogP contribution in [0.3, 0.4) is 0 Å². The zero-order valence-corrected chi connectivity index (χ0v) is 10.6. The van der Waals surface area contributed by atoms with Gasteiger partial charge in [-0.25, -0.2) is 4.79 Å². The number of carbonyl (C=O) groups is 2. The standard InChI is InChI=1S/C15H10O6/c16-9-5-8(15(20)21)14(19)11-10(9)12(17)6-3-1-2-4-7(6)13(11)18/h1-5,12,16-17,19H,(H,20,21). The summed E-state index contributed by atoms with van der Waals surface area (Å²) in [5.74, 6) is -3.42. The van der Waals surface area contributed by atoms with Gasteiger partial charge in [-0.3, -0.25) is 4.79 Å². The zero-order chi connectivity index (χ0) is 15.3. The first-order valence-corrected chi connectivity index (χ1v) is 6.07. The minimum Gasteiger partial charge on any atom is -0.508 e. The van der Waals surface area contributed by atoms with Crippen LogP contribution in [0.1, 0.15) is 43.5 Å². The maximum Gasteiger partial charge on any atom is 0.339 e. The first-order valence-electron chi connectivity index (χ1n) is 6.07. The molecule has 4 N–H and O–H groups in total. The molecule has 1 atom stereocenters. The number of phenolic OH excluding ortho intramolecular Hbond substituents is 1. The lowest BCUT2D eigenvalue weighted by atomic mass is 9.81. The summed E-state index contributed by atoms with van der Waals surface area (Å²) in [7, 11) is 0. The number of carboxylic acid groups (broad SMARTS) is 1. The maximum atomic E-state index is 12.4. The number of aliphatic hydroxyl groups excluding tert-OH is 1. The molecule has 0 bridgehead atoms. The molecule has 0 fully saturated rings. The molecule has 0 saturated heterocycles. The van der Waals surface area contributed by atoms with Crippen LogP contribution in [0.25, 0.3) is 0 Å². The van der Waals surface area contributed by atoms with Crippen molar-refractivity contribution in [2.45, 2.75) is 6.10 Å². The van der Waals surface area contributed by atoms with Crippen LogP contribution in [0.2, 0.25) is 0 Å². The molecule has 1 aliphatic rings. The topological polar surface area (TPSA) is 115 Å². The van der Waals surface area contributed by atoms with Crippen molar-refractivity contribution in [1.82, 2.24) is 0 Å². The van der Waals surface area contributed by atoms with Crippen molar-refractivity contribution >= 4 is 11.8 Å². The normalized spacial score (nSPS) is 16.2. The lowest BCUT2D eigenvalue weighted by Crippen LogP contribution is -2.20. The van der Waals surface area contributed by atoms with Gasteiger partial charge < -0.3 is 20.4 Å². The third kappa shape index (κ3) is 1.70. The molecule has 0 heterocycles. The van der Waals surface area contributed by atoms with Crippen LogP contribution >= 0.6 is 0 Å². The van der Waals surface area contributed by atoms with Gasteiger partial charge in [0.05, 0.1) is 5.56 Å². The van der Waals surface area contributed by atoms with Gasteiger partial charge in [-0.05, 0) is 11.6 Å². The summed E-state index contributed by atoms with van der Waals surface area (Å²) in [4.78, 5) is 23.5. The van der Waals surface area contributed by atoms with E-state index in [1.54, 1.807) is 12.1 Å². The number of hydrogen-bond acceptors (Lipinski definition) is 5. The monoisotopic (exact) mass is 286 g/mol. The fourth-order valence-electron chi connectivity index (χ4n) is 2.58. The van der Waals surface area contributed by atoms with Gasteiger partial charge >= 0.3 is 5.97 Å². The number of ketones is 1. The Morgan fingerprint density at radius 3 is 2.48 bits per heavy atom. The minimum atomic E-state index is -1.48. The van der Waals surface area contributed by atoms with Crippen molar-refractivity contribution in [1.29, 1.82) is 0 Å². The summed E-state index contributed by atoms with van der Waals surface area (Å²) in [6.07, 6.45) is -1.32. The highest BCUT2D eigenvalue weighted by Crippen LogP contribution is 2.44. The van der Waals surface area contributed by atoms with E-state index in [-0.39, 0.29) is 16.7 Å². The van der Waals surface area contributed by atoms with Gasteiger partial charge in [0.15, 0.2) is 5.78 Å². The second-order valence-corrected chi connectivity index (χ2v) is 4.70. The zero-order valence-electron chi connectivity index (χ0n) is 10.6. The molecule has 6 heteroatoms. The van der Waals surface area contributed by atoms with Crippen molar-refractivity contribution < 1.29 is 30.0 Å². The molecule has 3 rings (SSSR count). The summed E-state index contributed by atoms with van der Waals surface area (Å²) in [5.41, 5.74) is -0.687. The second-order valence-electron chi connectivity index (χ2n) is 4.70. The van der Waals surface area contributed by atoms with Gasteiger partial charge in [0.25, 0.3) is 0 Å². The third-order valence-electron chi connectivity index (χ3n) is 3.55. The quantitative estimate of drug-likeness (QED) is 0.589. The first-order chi connectivity index (χ1) is 9.93. The maximum absolute atomic E-state index is 12.4. The molecule has 0 saturated carbocycles. The van der Waals surface area contributed by atoms with Gasteiger partial charge in [-0.15, -0.1) is 0 Å². The summed E-state index contributed by atoms with van der Waals surface area (Å²) >= 11 is 0. The highest BCUT2D eigenvalue weighted by molar-refractivity contribution is 6.16. The van der Waals surface area contributed by atoms with E-state index in [1.165, 1.54) is 12.1 Å².